The van der Waals surface area contributed by atoms with Crippen LogP contribution in [0.3, 0.4) is 0 Å². The molecule has 0 spiro atoms. The number of aromatic carboxylic acids is 1. The van der Waals surface area contributed by atoms with Gasteiger partial charge in [-0.2, -0.15) is 0 Å². The van der Waals surface area contributed by atoms with Crippen LogP contribution in [0, 0.1) is 5.82 Å². The molecule has 0 bridgehead atoms. The van der Waals surface area contributed by atoms with Crippen LogP contribution in [0.15, 0.2) is 66.9 Å². The number of carboxylic acids is 1. The van der Waals surface area contributed by atoms with Crippen LogP contribution in [0.4, 0.5) is 20.6 Å². The summed E-state index contributed by atoms with van der Waals surface area (Å²) in [6, 6.07) is 14.9. The van der Waals surface area contributed by atoms with Crippen molar-refractivity contribution >= 4 is 40.2 Å². The topological polar surface area (TPSA) is 130 Å². The Kier molecular flexibility index (Phi) is 7.68. The summed E-state index contributed by atoms with van der Waals surface area (Å²) in [6.45, 7) is 0. The Hall–Kier alpha value is -4.86. The minimum Gasteiger partial charge on any atom is -0.496 e. The molecule has 1 fully saturated rings. The average Bonchev–Trinajstić information content (AvgIpc) is 3.60. The predicted molar refractivity (Wildman–Crippen MR) is 147 cm³/mol. The van der Waals surface area contributed by atoms with Gasteiger partial charge in [-0.25, -0.2) is 14.0 Å². The number of carbonyl (C=O) groups is 3. The molecule has 206 valence electrons. The van der Waals surface area contributed by atoms with E-state index < -0.39 is 29.7 Å². The van der Waals surface area contributed by atoms with Gasteiger partial charge in [0.25, 0.3) is 0 Å². The zero-order chi connectivity index (χ0) is 28.2. The van der Waals surface area contributed by atoms with E-state index in [1.165, 1.54) is 49.6 Å². The van der Waals surface area contributed by atoms with Crippen molar-refractivity contribution < 1.29 is 33.4 Å². The highest BCUT2D eigenvalue weighted by atomic mass is 19.1. The molecule has 1 atom stereocenters. The molecular formula is C30H28FN3O6. The van der Waals surface area contributed by atoms with E-state index in [1.54, 1.807) is 24.4 Å². The number of H-pyrrole nitrogens is 1. The van der Waals surface area contributed by atoms with Crippen molar-refractivity contribution in [3.8, 4) is 5.75 Å². The molecule has 1 saturated carbocycles. The maximum atomic E-state index is 13.8. The average molecular weight is 546 g/mol. The molecule has 1 aliphatic carbocycles. The number of anilines is 2. The van der Waals surface area contributed by atoms with Gasteiger partial charge in [-0.3, -0.25) is 10.1 Å². The number of ether oxygens (including phenoxy) is 2. The molecule has 1 unspecified atom stereocenters. The number of aromatic amines is 1. The molecule has 2 amide bonds. The van der Waals surface area contributed by atoms with Crippen molar-refractivity contribution in [3.05, 3.63) is 89.4 Å². The van der Waals surface area contributed by atoms with Crippen molar-refractivity contribution in [2.45, 2.75) is 37.7 Å². The van der Waals surface area contributed by atoms with Crippen LogP contribution in [-0.2, 0) is 9.53 Å². The summed E-state index contributed by atoms with van der Waals surface area (Å²) >= 11 is 0. The Morgan fingerprint density at radius 3 is 2.38 bits per heavy atom. The number of methoxy groups -OCH3 is 1. The van der Waals surface area contributed by atoms with Crippen LogP contribution in [0.5, 0.6) is 5.75 Å². The third-order valence-electron chi connectivity index (χ3n) is 7.01. The SMILES string of the molecule is COc1cc(C(=O)O)ccc1C(C(=O)Nc1ccc(F)cc1)c1c[nH]c2ccc(NC(=O)OC3CCCC3)cc12. The van der Waals surface area contributed by atoms with Crippen LogP contribution in [0.1, 0.15) is 53.1 Å². The fourth-order valence-corrected chi connectivity index (χ4v) is 5.04. The first-order valence-corrected chi connectivity index (χ1v) is 12.9. The van der Waals surface area contributed by atoms with Crippen LogP contribution in [0.2, 0.25) is 0 Å². The largest absolute Gasteiger partial charge is 0.496 e. The number of nitrogens with one attached hydrogen (secondary N) is 3. The Labute approximate surface area is 229 Å². The minimum absolute atomic E-state index is 0.00415. The van der Waals surface area contributed by atoms with Crippen LogP contribution in [-0.4, -0.2) is 41.3 Å². The molecule has 4 aromatic rings. The molecule has 40 heavy (non-hydrogen) atoms. The van der Waals surface area contributed by atoms with Crippen molar-refractivity contribution in [1.29, 1.82) is 0 Å². The first-order valence-electron chi connectivity index (χ1n) is 12.9. The summed E-state index contributed by atoms with van der Waals surface area (Å²) in [5.74, 6) is -2.78. The highest BCUT2D eigenvalue weighted by molar-refractivity contribution is 6.03. The lowest BCUT2D eigenvalue weighted by atomic mass is 9.88. The number of aromatic nitrogens is 1. The molecule has 5 rings (SSSR count). The smallest absolute Gasteiger partial charge is 0.411 e. The third-order valence-corrected chi connectivity index (χ3v) is 7.01. The monoisotopic (exact) mass is 545 g/mol. The molecule has 0 saturated heterocycles. The highest BCUT2D eigenvalue weighted by Gasteiger charge is 2.29. The predicted octanol–water partition coefficient (Wildman–Crippen LogP) is 6.28. The molecule has 4 N–H and O–H groups in total. The summed E-state index contributed by atoms with van der Waals surface area (Å²) in [5, 5.41) is 15.7. The van der Waals surface area contributed by atoms with Crippen LogP contribution < -0.4 is 15.4 Å². The Balaban J connectivity index is 1.53. The van der Waals surface area contributed by atoms with Crippen molar-refractivity contribution in [1.82, 2.24) is 4.98 Å². The van der Waals surface area contributed by atoms with Gasteiger partial charge in [-0.15, -0.1) is 0 Å². The van der Waals surface area contributed by atoms with E-state index >= 15 is 0 Å². The molecule has 0 aliphatic heterocycles. The van der Waals surface area contributed by atoms with E-state index in [2.05, 4.69) is 15.6 Å². The van der Waals surface area contributed by atoms with Gasteiger partial charge in [-0.05, 0) is 85.8 Å². The van der Waals surface area contributed by atoms with Gasteiger partial charge >= 0.3 is 12.1 Å². The number of hydrogen-bond acceptors (Lipinski definition) is 5. The maximum Gasteiger partial charge on any atom is 0.411 e. The van der Waals surface area contributed by atoms with E-state index in [9.17, 15) is 23.9 Å². The van der Waals surface area contributed by atoms with E-state index in [1.807, 2.05) is 0 Å². The van der Waals surface area contributed by atoms with Gasteiger partial charge in [-0.1, -0.05) is 6.07 Å². The molecule has 1 aromatic heterocycles. The van der Waals surface area contributed by atoms with E-state index in [4.69, 9.17) is 9.47 Å². The second-order valence-electron chi connectivity index (χ2n) is 9.63. The normalized spacial score (nSPS) is 14.1. The summed E-state index contributed by atoms with van der Waals surface area (Å²) in [6.07, 6.45) is 4.82. The van der Waals surface area contributed by atoms with E-state index in [0.717, 1.165) is 25.7 Å². The lowest BCUT2D eigenvalue weighted by Crippen LogP contribution is -2.23. The maximum absolute atomic E-state index is 13.8. The number of carbonyl (C=O) groups excluding carboxylic acids is 2. The summed E-state index contributed by atoms with van der Waals surface area (Å²) in [4.78, 5) is 41.0. The zero-order valence-corrected chi connectivity index (χ0v) is 21.7. The van der Waals surface area contributed by atoms with Gasteiger partial charge in [0.05, 0.1) is 18.6 Å². The van der Waals surface area contributed by atoms with E-state index in [0.29, 0.717) is 33.4 Å². The third kappa shape index (κ3) is 5.75. The van der Waals surface area contributed by atoms with Gasteiger partial charge < -0.3 is 24.9 Å². The Bertz CT molecular complexity index is 1560. The quantitative estimate of drug-likeness (QED) is 0.206. The first-order chi connectivity index (χ1) is 19.3. The molecule has 9 nitrogen and oxygen atoms in total. The van der Waals surface area contributed by atoms with Crippen molar-refractivity contribution in [2.24, 2.45) is 0 Å². The Morgan fingerprint density at radius 1 is 0.950 bits per heavy atom. The summed E-state index contributed by atoms with van der Waals surface area (Å²) in [7, 11) is 1.40. The second kappa shape index (κ2) is 11.5. The standard InChI is InChI=1S/C30H28FN3O6/c1-39-26-14-17(29(36)37)6-12-22(26)27(28(35)33-19-9-7-18(31)8-10-19)24-16-32-25-13-11-20(15-23(24)25)34-30(38)40-21-4-2-3-5-21/h6-16,21,27,32H,2-5H2,1H3,(H,33,35)(H,34,38)(H,36,37). The van der Waals surface area contributed by atoms with Crippen molar-refractivity contribution in [3.63, 3.8) is 0 Å². The van der Waals surface area contributed by atoms with Gasteiger partial charge in [0.15, 0.2) is 0 Å². The number of fused-ring (bicyclic) bond motifs is 1. The lowest BCUT2D eigenvalue weighted by molar-refractivity contribution is -0.116. The van der Waals surface area contributed by atoms with Gasteiger partial charge in [0.2, 0.25) is 5.91 Å². The molecule has 0 radical (unpaired) electrons. The first kappa shape index (κ1) is 26.7. The molecule has 3 aromatic carbocycles. The van der Waals surface area contributed by atoms with Crippen LogP contribution in [0.25, 0.3) is 10.9 Å². The highest BCUT2D eigenvalue weighted by Crippen LogP contribution is 2.38. The van der Waals surface area contributed by atoms with Gasteiger partial charge in [0.1, 0.15) is 17.7 Å². The zero-order valence-electron chi connectivity index (χ0n) is 21.7. The van der Waals surface area contributed by atoms with E-state index in [-0.39, 0.29) is 17.4 Å². The molecule has 10 heteroatoms. The van der Waals surface area contributed by atoms with Gasteiger partial charge in [0, 0.05) is 34.0 Å². The molecular weight excluding hydrogens is 517 g/mol. The number of amides is 2. The second-order valence-corrected chi connectivity index (χ2v) is 9.63. The minimum atomic E-state index is -1.13. The number of hydrogen-bond donors (Lipinski definition) is 4. The van der Waals surface area contributed by atoms with Crippen LogP contribution >= 0.6 is 0 Å². The number of halogens is 1. The lowest BCUT2D eigenvalue weighted by Gasteiger charge is -2.20. The number of benzene rings is 3. The van der Waals surface area contributed by atoms with Crippen molar-refractivity contribution in [2.75, 3.05) is 17.7 Å². The number of rotatable bonds is 8. The Morgan fingerprint density at radius 2 is 1.68 bits per heavy atom. The fourth-order valence-electron chi connectivity index (χ4n) is 5.04. The molecule has 1 heterocycles. The number of carboxylic acid groups (broad SMARTS) is 1. The summed E-state index contributed by atoms with van der Waals surface area (Å²) < 4.78 is 24.5. The summed E-state index contributed by atoms with van der Waals surface area (Å²) in [5.41, 5.74) is 2.57. The fraction of sp³-hybridized carbons (Fsp3) is 0.233. The molecule has 1 aliphatic rings.